The third-order valence-electron chi connectivity index (χ3n) is 9.44. The van der Waals surface area contributed by atoms with Crippen LogP contribution >= 0.6 is 11.3 Å². The predicted molar refractivity (Wildman–Crippen MR) is 196 cm³/mol. The van der Waals surface area contributed by atoms with Crippen molar-refractivity contribution < 1.29 is 4.57 Å². The molecule has 0 aliphatic rings. The average molecular weight is 621 g/mol. The molecule has 230 valence electrons. The molecule has 7 rings (SSSR count). The van der Waals surface area contributed by atoms with Gasteiger partial charge in [-0.25, -0.2) is 9.55 Å². The molecule has 46 heavy (non-hydrogen) atoms. The standard InChI is InChI=1S/C42H42N3S/c1-25(2)32-23-31(30-17-10-9-11-18-30)24-33(26(3)4)39(32)45-36-20-13-12-19-35(36)44(8)42(45)38-29(7)21-22-34-40(38)46-41(43-34)37-27(5)15-14-16-28(37)6/h9-26H,1-8H3/q+1. The van der Waals surface area contributed by atoms with Crippen LogP contribution in [0, 0.1) is 20.8 Å². The molecule has 0 spiro atoms. The van der Waals surface area contributed by atoms with Crippen LogP contribution in [0.5, 0.6) is 0 Å². The summed E-state index contributed by atoms with van der Waals surface area (Å²) in [7, 11) is 2.22. The fourth-order valence-electron chi connectivity index (χ4n) is 7.06. The first-order valence-corrected chi connectivity index (χ1v) is 17.2. The van der Waals surface area contributed by atoms with E-state index in [-0.39, 0.29) is 0 Å². The summed E-state index contributed by atoms with van der Waals surface area (Å²) >= 11 is 1.82. The minimum Gasteiger partial charge on any atom is -0.236 e. The third kappa shape index (κ3) is 4.87. The lowest BCUT2D eigenvalue weighted by atomic mass is 9.88. The maximum absolute atomic E-state index is 5.25. The molecular formula is C42H42N3S+. The van der Waals surface area contributed by atoms with Gasteiger partial charge in [0, 0.05) is 16.7 Å². The van der Waals surface area contributed by atoms with Crippen LogP contribution in [-0.2, 0) is 7.05 Å². The van der Waals surface area contributed by atoms with E-state index >= 15 is 0 Å². The second kappa shape index (κ2) is 11.7. The van der Waals surface area contributed by atoms with Gasteiger partial charge < -0.3 is 0 Å². The Labute approximate surface area is 276 Å². The Hall–Kier alpha value is -4.54. The van der Waals surface area contributed by atoms with Crippen molar-refractivity contribution in [3.05, 3.63) is 125 Å². The Kier molecular flexibility index (Phi) is 7.65. The van der Waals surface area contributed by atoms with E-state index in [2.05, 4.69) is 162 Å². The maximum Gasteiger partial charge on any atom is 0.296 e. The number of hydrogen-bond acceptors (Lipinski definition) is 2. The van der Waals surface area contributed by atoms with Gasteiger partial charge in [-0.1, -0.05) is 94.4 Å². The summed E-state index contributed by atoms with van der Waals surface area (Å²) in [6, 6.07) is 35.5. The second-order valence-electron chi connectivity index (χ2n) is 13.3. The fourth-order valence-corrected chi connectivity index (χ4v) is 8.40. The van der Waals surface area contributed by atoms with Crippen LogP contribution in [0.1, 0.15) is 67.3 Å². The lowest BCUT2D eigenvalue weighted by Gasteiger charge is -2.21. The molecule has 7 aromatic rings. The summed E-state index contributed by atoms with van der Waals surface area (Å²) in [6.07, 6.45) is 0. The van der Waals surface area contributed by atoms with Crippen molar-refractivity contribution >= 4 is 32.6 Å². The number of aryl methyl sites for hydroxylation is 4. The van der Waals surface area contributed by atoms with Crippen LogP contribution in [0.25, 0.3) is 60.0 Å². The highest BCUT2D eigenvalue weighted by Gasteiger charge is 2.33. The lowest BCUT2D eigenvalue weighted by molar-refractivity contribution is -0.633. The van der Waals surface area contributed by atoms with Crippen LogP contribution in [0.15, 0.2) is 97.1 Å². The summed E-state index contributed by atoms with van der Waals surface area (Å²) in [5, 5.41) is 1.08. The van der Waals surface area contributed by atoms with Crippen molar-refractivity contribution in [1.82, 2.24) is 9.55 Å². The van der Waals surface area contributed by atoms with Gasteiger partial charge in [-0.05, 0) is 90.8 Å². The van der Waals surface area contributed by atoms with E-state index < -0.39 is 0 Å². The molecule has 3 nitrogen and oxygen atoms in total. The molecule has 5 aromatic carbocycles. The Morgan fingerprint density at radius 2 is 1.26 bits per heavy atom. The summed E-state index contributed by atoms with van der Waals surface area (Å²) in [4.78, 5) is 5.25. The molecule has 0 amide bonds. The first-order valence-electron chi connectivity index (χ1n) is 16.4. The van der Waals surface area contributed by atoms with E-state index in [1.807, 2.05) is 11.3 Å². The molecule has 0 bridgehead atoms. The molecule has 2 heterocycles. The van der Waals surface area contributed by atoms with Gasteiger partial charge in [-0.2, -0.15) is 4.57 Å². The first kappa shape index (κ1) is 30.1. The number of aromatic nitrogens is 3. The van der Waals surface area contributed by atoms with Gasteiger partial charge in [-0.15, -0.1) is 11.3 Å². The van der Waals surface area contributed by atoms with Crippen LogP contribution in [-0.4, -0.2) is 9.55 Å². The normalized spacial score (nSPS) is 11.9. The summed E-state index contributed by atoms with van der Waals surface area (Å²) in [5.41, 5.74) is 16.3. The molecule has 4 heteroatoms. The number of thiazole rings is 1. The van der Waals surface area contributed by atoms with Crippen molar-refractivity contribution in [1.29, 1.82) is 0 Å². The fraction of sp³-hybridized carbons (Fsp3) is 0.238. The topological polar surface area (TPSA) is 21.7 Å². The minimum absolute atomic E-state index is 0.325. The molecule has 0 aliphatic heterocycles. The number of para-hydroxylation sites is 2. The van der Waals surface area contributed by atoms with E-state index in [4.69, 9.17) is 4.98 Å². The zero-order valence-corrected chi connectivity index (χ0v) is 29.0. The Balaban J connectivity index is 1.60. The lowest BCUT2D eigenvalue weighted by Crippen LogP contribution is -2.30. The van der Waals surface area contributed by atoms with E-state index in [9.17, 15) is 0 Å². The smallest absolute Gasteiger partial charge is 0.236 e. The Bertz CT molecular complexity index is 2200. The molecule has 0 radical (unpaired) electrons. The number of benzene rings is 5. The van der Waals surface area contributed by atoms with Crippen LogP contribution in [0.3, 0.4) is 0 Å². The highest BCUT2D eigenvalue weighted by molar-refractivity contribution is 7.22. The minimum atomic E-state index is 0.325. The van der Waals surface area contributed by atoms with Crippen molar-refractivity contribution in [3.63, 3.8) is 0 Å². The van der Waals surface area contributed by atoms with Gasteiger partial charge in [0.05, 0.1) is 22.8 Å². The summed E-state index contributed by atoms with van der Waals surface area (Å²) in [5.74, 6) is 1.84. The van der Waals surface area contributed by atoms with E-state index in [0.29, 0.717) is 11.8 Å². The number of fused-ring (bicyclic) bond motifs is 2. The molecule has 0 fully saturated rings. The molecule has 0 atom stereocenters. The summed E-state index contributed by atoms with van der Waals surface area (Å²) < 4.78 is 6.19. The monoisotopic (exact) mass is 620 g/mol. The van der Waals surface area contributed by atoms with Crippen molar-refractivity contribution in [3.8, 4) is 38.8 Å². The molecule has 0 saturated carbocycles. The van der Waals surface area contributed by atoms with Crippen LogP contribution in [0.2, 0.25) is 0 Å². The second-order valence-corrected chi connectivity index (χ2v) is 14.3. The molecule has 2 aromatic heterocycles. The van der Waals surface area contributed by atoms with Gasteiger partial charge in [-0.3, -0.25) is 0 Å². The van der Waals surface area contributed by atoms with Crippen molar-refractivity contribution in [2.24, 2.45) is 7.05 Å². The van der Waals surface area contributed by atoms with Gasteiger partial charge in [0.1, 0.15) is 10.7 Å². The zero-order chi connectivity index (χ0) is 32.3. The summed E-state index contributed by atoms with van der Waals surface area (Å²) in [6.45, 7) is 15.9. The third-order valence-corrected chi connectivity index (χ3v) is 10.5. The van der Waals surface area contributed by atoms with E-state index in [0.717, 1.165) is 10.5 Å². The molecule has 0 aliphatic carbocycles. The number of imidazole rings is 1. The average Bonchev–Trinajstić information content (AvgIpc) is 3.59. The van der Waals surface area contributed by atoms with E-state index in [1.54, 1.807) is 0 Å². The first-order chi connectivity index (χ1) is 22.2. The SMILES string of the molecule is Cc1cccc(C)c1-c1nc2ccc(C)c(-c3n(-c4c(C(C)C)cc(-c5ccccc5)cc4C(C)C)c4ccccc4[n+]3C)c2s1. The number of nitrogens with zero attached hydrogens (tertiary/aromatic N) is 3. The highest BCUT2D eigenvalue weighted by atomic mass is 32.1. The van der Waals surface area contributed by atoms with Gasteiger partial charge in [0.25, 0.3) is 5.82 Å². The number of hydrogen-bond donors (Lipinski definition) is 0. The van der Waals surface area contributed by atoms with Crippen molar-refractivity contribution in [2.75, 3.05) is 0 Å². The Morgan fingerprint density at radius 3 is 1.91 bits per heavy atom. The maximum atomic E-state index is 5.25. The van der Waals surface area contributed by atoms with E-state index in [1.165, 1.54) is 77.3 Å². The molecule has 0 N–H and O–H groups in total. The zero-order valence-electron chi connectivity index (χ0n) is 28.1. The van der Waals surface area contributed by atoms with Crippen LogP contribution < -0.4 is 4.57 Å². The van der Waals surface area contributed by atoms with Gasteiger partial charge in [0.2, 0.25) is 0 Å². The molecule has 0 saturated heterocycles. The quantitative estimate of drug-likeness (QED) is 0.170. The molecular weight excluding hydrogens is 579 g/mol. The highest BCUT2D eigenvalue weighted by Crippen LogP contribution is 2.44. The van der Waals surface area contributed by atoms with Crippen LogP contribution in [0.4, 0.5) is 0 Å². The Morgan fingerprint density at radius 1 is 0.652 bits per heavy atom. The van der Waals surface area contributed by atoms with Crippen molar-refractivity contribution in [2.45, 2.75) is 60.3 Å². The number of rotatable bonds is 6. The molecule has 0 unspecified atom stereocenters. The largest absolute Gasteiger partial charge is 0.296 e. The van der Waals surface area contributed by atoms with Gasteiger partial charge >= 0.3 is 0 Å². The van der Waals surface area contributed by atoms with Gasteiger partial charge in [0.15, 0.2) is 11.0 Å². The predicted octanol–water partition coefficient (Wildman–Crippen LogP) is 11.2.